The number of nitrogens with one attached hydrogen (secondary N) is 1. The second-order valence-electron chi connectivity index (χ2n) is 11.6. The zero-order valence-electron chi connectivity index (χ0n) is 25.5. The summed E-state index contributed by atoms with van der Waals surface area (Å²) in [6, 6.07) is 0. The number of rotatable bonds is 32. The fourth-order valence-electron chi connectivity index (χ4n) is 5.17. The Kier molecular flexibility index (Phi) is 30.9. The second-order valence-corrected chi connectivity index (χ2v) is 11.6. The molecule has 3 heteroatoms. The lowest BCUT2D eigenvalue weighted by Gasteiger charge is -2.05. The van der Waals surface area contributed by atoms with Crippen molar-refractivity contribution in [1.29, 1.82) is 0 Å². The maximum Gasteiger partial charge on any atom is 0.132 e. The molecule has 0 rings (SSSR count). The average Bonchev–Trinajstić information content (AvgIpc) is 2.89. The molecule has 0 amide bonds. The van der Waals surface area contributed by atoms with Crippen molar-refractivity contribution in [1.82, 2.24) is 5.32 Å². The summed E-state index contributed by atoms with van der Waals surface area (Å²) >= 11 is 0. The molecule has 0 heterocycles. The van der Waals surface area contributed by atoms with E-state index in [2.05, 4.69) is 19.2 Å². The number of unbranched alkanes of at least 4 members (excludes halogenated alkanes) is 20. The summed E-state index contributed by atoms with van der Waals surface area (Å²) in [5.74, 6) is 0.861. The quantitative estimate of drug-likeness (QED) is 0.0895. The van der Waals surface area contributed by atoms with Gasteiger partial charge in [0.25, 0.3) is 0 Å². The Morgan fingerprint density at radius 2 is 0.595 bits per heavy atom. The molecule has 0 fully saturated rings. The van der Waals surface area contributed by atoms with Gasteiger partial charge in [-0.25, -0.2) is 0 Å². The van der Waals surface area contributed by atoms with E-state index in [0.29, 0.717) is 24.4 Å². The van der Waals surface area contributed by atoms with Crippen molar-refractivity contribution in [2.75, 3.05) is 13.1 Å². The molecule has 0 aromatic heterocycles. The van der Waals surface area contributed by atoms with Gasteiger partial charge in [0, 0.05) is 25.7 Å². The highest BCUT2D eigenvalue weighted by Gasteiger charge is 2.04. The van der Waals surface area contributed by atoms with Gasteiger partial charge in [0.2, 0.25) is 0 Å². The van der Waals surface area contributed by atoms with Gasteiger partial charge in [-0.2, -0.15) is 0 Å². The van der Waals surface area contributed by atoms with Crippen LogP contribution in [0.4, 0.5) is 0 Å². The predicted octanol–water partition coefficient (Wildman–Crippen LogP) is 10.7. The zero-order valence-corrected chi connectivity index (χ0v) is 25.5. The molecule has 3 nitrogen and oxygen atoms in total. The molecule has 37 heavy (non-hydrogen) atoms. The van der Waals surface area contributed by atoms with E-state index < -0.39 is 0 Å². The maximum atomic E-state index is 12.1. The SMILES string of the molecule is CCCCCCCCCCCCCC(=O)CCCNCCCC(=O)CCCCCCCCCCCCC. The molecule has 0 aliphatic rings. The van der Waals surface area contributed by atoms with Crippen LogP contribution in [-0.2, 0) is 9.59 Å². The van der Waals surface area contributed by atoms with Crippen LogP contribution in [0.1, 0.15) is 194 Å². The molecule has 0 bridgehead atoms. The summed E-state index contributed by atoms with van der Waals surface area (Å²) in [6.45, 7) is 6.34. The van der Waals surface area contributed by atoms with Crippen LogP contribution >= 0.6 is 0 Å². The van der Waals surface area contributed by atoms with Gasteiger partial charge >= 0.3 is 0 Å². The molecular weight excluding hydrogens is 454 g/mol. The number of carbonyl (C=O) groups excluding carboxylic acids is 2. The van der Waals surface area contributed by atoms with E-state index in [9.17, 15) is 9.59 Å². The first-order chi connectivity index (χ1) is 18.2. The Hall–Kier alpha value is -0.700. The van der Waals surface area contributed by atoms with Crippen LogP contribution in [0.3, 0.4) is 0 Å². The minimum absolute atomic E-state index is 0.430. The molecule has 0 saturated heterocycles. The van der Waals surface area contributed by atoms with Crippen molar-refractivity contribution in [2.24, 2.45) is 0 Å². The monoisotopic (exact) mass is 522 g/mol. The lowest BCUT2D eigenvalue weighted by atomic mass is 10.0. The summed E-state index contributed by atoms with van der Waals surface area (Å²) in [6.07, 6.45) is 34.1. The van der Waals surface area contributed by atoms with E-state index in [1.807, 2.05) is 0 Å². The van der Waals surface area contributed by atoms with E-state index in [1.54, 1.807) is 0 Å². The van der Waals surface area contributed by atoms with E-state index in [1.165, 1.54) is 128 Å². The number of ketones is 2. The molecule has 1 N–H and O–H groups in total. The van der Waals surface area contributed by atoms with Crippen molar-refractivity contribution in [3.63, 3.8) is 0 Å². The van der Waals surface area contributed by atoms with Crippen LogP contribution in [0.25, 0.3) is 0 Å². The lowest BCUT2D eigenvalue weighted by molar-refractivity contribution is -0.120. The van der Waals surface area contributed by atoms with Crippen LogP contribution < -0.4 is 5.32 Å². The third kappa shape index (κ3) is 31.4. The van der Waals surface area contributed by atoms with Gasteiger partial charge in [0.1, 0.15) is 11.6 Å². The van der Waals surface area contributed by atoms with Gasteiger partial charge < -0.3 is 5.32 Å². The van der Waals surface area contributed by atoms with Crippen LogP contribution in [0.2, 0.25) is 0 Å². The minimum Gasteiger partial charge on any atom is -0.317 e. The predicted molar refractivity (Wildman–Crippen MR) is 164 cm³/mol. The van der Waals surface area contributed by atoms with Gasteiger partial charge in [-0.3, -0.25) is 9.59 Å². The maximum absolute atomic E-state index is 12.1. The van der Waals surface area contributed by atoms with Crippen molar-refractivity contribution in [3.8, 4) is 0 Å². The first kappa shape index (κ1) is 36.3. The summed E-state index contributed by atoms with van der Waals surface area (Å²) in [5, 5.41) is 3.42. The number of carbonyl (C=O) groups is 2. The smallest absolute Gasteiger partial charge is 0.132 e. The fourth-order valence-corrected chi connectivity index (χ4v) is 5.17. The van der Waals surface area contributed by atoms with Gasteiger partial charge in [0.15, 0.2) is 0 Å². The van der Waals surface area contributed by atoms with Crippen LogP contribution in [0.15, 0.2) is 0 Å². The molecule has 0 unspecified atom stereocenters. The highest BCUT2D eigenvalue weighted by molar-refractivity contribution is 5.78. The molecule has 0 spiro atoms. The molecule has 0 aliphatic carbocycles. The van der Waals surface area contributed by atoms with Crippen molar-refractivity contribution in [2.45, 2.75) is 194 Å². The standard InChI is InChI=1S/C34H67NO2/c1-3-5-7-9-11-13-15-17-19-21-23-27-33(36)29-25-31-35-32-26-30-34(37)28-24-22-20-18-16-14-12-10-8-6-4-2/h35H,3-32H2,1-2H3. The molecule has 0 radical (unpaired) electrons. The minimum atomic E-state index is 0.430. The molecular formula is C34H67NO2. The molecule has 0 aliphatic heterocycles. The normalized spacial score (nSPS) is 11.3. The van der Waals surface area contributed by atoms with Crippen molar-refractivity contribution in [3.05, 3.63) is 0 Å². The first-order valence-electron chi connectivity index (χ1n) is 16.9. The molecule has 0 saturated carbocycles. The van der Waals surface area contributed by atoms with E-state index in [0.717, 1.165) is 51.6 Å². The summed E-state index contributed by atoms with van der Waals surface area (Å²) in [7, 11) is 0. The second kappa shape index (κ2) is 31.5. The Labute approximate surface area is 233 Å². The molecule has 0 atom stereocenters. The average molecular weight is 522 g/mol. The Balaban J connectivity index is 3.26. The van der Waals surface area contributed by atoms with Gasteiger partial charge in [-0.1, -0.05) is 142 Å². The van der Waals surface area contributed by atoms with Crippen LogP contribution in [0, 0.1) is 0 Å². The van der Waals surface area contributed by atoms with Gasteiger partial charge in [-0.05, 0) is 38.8 Å². The topological polar surface area (TPSA) is 46.2 Å². The van der Waals surface area contributed by atoms with Crippen LogP contribution in [0.5, 0.6) is 0 Å². The van der Waals surface area contributed by atoms with Crippen molar-refractivity contribution < 1.29 is 9.59 Å². The molecule has 220 valence electrons. The van der Waals surface area contributed by atoms with E-state index in [4.69, 9.17) is 0 Å². The number of Topliss-reactive ketones (excluding diaryl/α,β-unsaturated/α-hetero) is 2. The zero-order chi connectivity index (χ0) is 27.1. The molecule has 0 aromatic rings. The van der Waals surface area contributed by atoms with Crippen molar-refractivity contribution >= 4 is 11.6 Å². The highest BCUT2D eigenvalue weighted by Crippen LogP contribution is 2.14. The van der Waals surface area contributed by atoms with Crippen LogP contribution in [-0.4, -0.2) is 24.7 Å². The van der Waals surface area contributed by atoms with E-state index in [-0.39, 0.29) is 0 Å². The van der Waals surface area contributed by atoms with E-state index >= 15 is 0 Å². The third-order valence-electron chi connectivity index (χ3n) is 7.74. The Morgan fingerprint density at radius 1 is 0.351 bits per heavy atom. The summed E-state index contributed by atoms with van der Waals surface area (Å²) in [4.78, 5) is 24.1. The third-order valence-corrected chi connectivity index (χ3v) is 7.74. The first-order valence-corrected chi connectivity index (χ1v) is 16.9. The molecule has 0 aromatic carbocycles. The Bertz CT molecular complexity index is 434. The fraction of sp³-hybridized carbons (Fsp3) is 0.941. The van der Waals surface area contributed by atoms with Gasteiger partial charge in [-0.15, -0.1) is 0 Å². The Morgan fingerprint density at radius 3 is 0.892 bits per heavy atom. The van der Waals surface area contributed by atoms with Gasteiger partial charge in [0.05, 0.1) is 0 Å². The largest absolute Gasteiger partial charge is 0.317 e. The number of hydrogen-bond donors (Lipinski definition) is 1. The number of hydrogen-bond acceptors (Lipinski definition) is 3. The summed E-state index contributed by atoms with van der Waals surface area (Å²) < 4.78 is 0. The highest BCUT2D eigenvalue weighted by atomic mass is 16.1. The lowest BCUT2D eigenvalue weighted by Crippen LogP contribution is -2.18. The summed E-state index contributed by atoms with van der Waals surface area (Å²) in [5.41, 5.74) is 0.